The first-order valence-electron chi connectivity index (χ1n) is 10.9. The number of aromatic nitrogens is 4. The Balaban J connectivity index is 1.54. The van der Waals surface area contributed by atoms with Gasteiger partial charge in [0.2, 0.25) is 0 Å². The molecule has 9 nitrogen and oxygen atoms in total. The maximum absolute atomic E-state index is 11.8. The molecule has 5 N–H and O–H groups in total. The number of aryl methyl sites for hydroxylation is 1. The molecule has 0 spiro atoms. The van der Waals surface area contributed by atoms with Crippen molar-refractivity contribution in [2.75, 3.05) is 5.32 Å². The van der Waals surface area contributed by atoms with Crippen LogP contribution >= 0.6 is 0 Å². The Kier molecular flexibility index (Phi) is 5.53. The Morgan fingerprint density at radius 1 is 1.12 bits per heavy atom. The van der Waals surface area contributed by atoms with E-state index in [1.54, 1.807) is 41.1 Å². The number of nitrogens with two attached hydrogens (primary N) is 1. The highest BCUT2D eigenvalue weighted by Gasteiger charge is 2.21. The van der Waals surface area contributed by atoms with Crippen LogP contribution in [0.4, 0.5) is 5.82 Å². The van der Waals surface area contributed by atoms with Crippen LogP contribution in [0.5, 0.6) is 0 Å². The number of anilines is 1. The van der Waals surface area contributed by atoms with Crippen molar-refractivity contribution in [3.63, 3.8) is 0 Å². The Morgan fingerprint density at radius 3 is 2.76 bits per heavy atom. The Bertz CT molecular complexity index is 1350. The molecule has 0 unspecified atom stereocenters. The number of nitrogens with one attached hydrogen (secondary N) is 1. The van der Waals surface area contributed by atoms with Crippen LogP contribution in [0.1, 0.15) is 40.2 Å². The molecular formula is C23H23BN6O3. The van der Waals surface area contributed by atoms with E-state index in [0.29, 0.717) is 34.7 Å². The van der Waals surface area contributed by atoms with E-state index in [4.69, 9.17) is 15.7 Å². The molecule has 1 aliphatic carbocycles. The molecule has 0 atom stereocenters. The third-order valence-corrected chi connectivity index (χ3v) is 5.93. The zero-order valence-electron chi connectivity index (χ0n) is 17.9. The molecule has 1 amide bonds. The normalized spacial score (nSPS) is 13.0. The lowest BCUT2D eigenvalue weighted by Crippen LogP contribution is -2.30. The zero-order valence-corrected chi connectivity index (χ0v) is 17.9. The van der Waals surface area contributed by atoms with Crippen molar-refractivity contribution in [1.29, 1.82) is 0 Å². The standard InChI is InChI=1S/C23H23BN6O3/c25-21(31)19-10-4-9-18-20(27-13-30(18)19)23-28-17-8-2-1-7-16(17)22(29-23)26-12-14-5-3-6-15(11-14)24(32)33/h3-6,9-11,13,32-33H,1-2,7-8,12H2,(H2,25,31)(H,26,28,29). The Labute approximate surface area is 190 Å². The summed E-state index contributed by atoms with van der Waals surface area (Å²) >= 11 is 0. The number of imidazole rings is 1. The molecule has 4 aromatic rings. The van der Waals surface area contributed by atoms with Gasteiger partial charge in [-0.25, -0.2) is 15.0 Å². The molecule has 0 bridgehead atoms. The van der Waals surface area contributed by atoms with Crippen LogP contribution in [0.3, 0.4) is 0 Å². The molecule has 0 radical (unpaired) electrons. The van der Waals surface area contributed by atoms with Crippen LogP contribution < -0.4 is 16.5 Å². The van der Waals surface area contributed by atoms with Crippen LogP contribution in [0.2, 0.25) is 0 Å². The quantitative estimate of drug-likeness (QED) is 0.328. The van der Waals surface area contributed by atoms with E-state index in [1.165, 1.54) is 0 Å². The van der Waals surface area contributed by atoms with Gasteiger partial charge >= 0.3 is 7.12 Å². The number of carbonyl (C=O) groups excluding carboxylic acids is 1. The minimum absolute atomic E-state index is 0.341. The molecular weight excluding hydrogens is 419 g/mol. The summed E-state index contributed by atoms with van der Waals surface area (Å²) in [7, 11) is -1.51. The Morgan fingerprint density at radius 2 is 1.94 bits per heavy atom. The fourth-order valence-corrected chi connectivity index (χ4v) is 4.29. The number of fused-ring (bicyclic) bond motifs is 2. The van der Waals surface area contributed by atoms with Gasteiger partial charge < -0.3 is 21.1 Å². The van der Waals surface area contributed by atoms with Crippen molar-refractivity contribution >= 4 is 29.8 Å². The van der Waals surface area contributed by atoms with E-state index in [2.05, 4.69) is 10.3 Å². The molecule has 3 heterocycles. The summed E-state index contributed by atoms with van der Waals surface area (Å²) in [5, 5.41) is 22.3. The molecule has 33 heavy (non-hydrogen) atoms. The second-order valence-corrected chi connectivity index (χ2v) is 8.12. The third kappa shape index (κ3) is 4.06. The van der Waals surface area contributed by atoms with Gasteiger partial charge in [-0.05, 0) is 48.8 Å². The summed E-state index contributed by atoms with van der Waals surface area (Å²) in [6, 6.07) is 12.4. The summed E-state index contributed by atoms with van der Waals surface area (Å²) in [6.45, 7) is 0.471. The van der Waals surface area contributed by atoms with Crippen LogP contribution in [-0.4, -0.2) is 42.4 Å². The highest BCUT2D eigenvalue weighted by Crippen LogP contribution is 2.30. The number of rotatable bonds is 6. The first kappa shape index (κ1) is 21.1. The average Bonchev–Trinajstić information content (AvgIpc) is 3.26. The number of carbonyl (C=O) groups is 1. The highest BCUT2D eigenvalue weighted by atomic mass is 16.4. The topological polar surface area (TPSA) is 139 Å². The number of hydrogen-bond acceptors (Lipinski definition) is 7. The minimum atomic E-state index is -1.51. The summed E-state index contributed by atoms with van der Waals surface area (Å²) in [5.74, 6) is 0.701. The monoisotopic (exact) mass is 442 g/mol. The smallest absolute Gasteiger partial charge is 0.423 e. The molecule has 5 rings (SSSR count). The van der Waals surface area contributed by atoms with Crippen molar-refractivity contribution < 1.29 is 14.8 Å². The van der Waals surface area contributed by atoms with Crippen LogP contribution in [-0.2, 0) is 19.4 Å². The van der Waals surface area contributed by atoms with E-state index >= 15 is 0 Å². The van der Waals surface area contributed by atoms with Gasteiger partial charge in [-0.3, -0.25) is 9.20 Å². The molecule has 1 aromatic carbocycles. The van der Waals surface area contributed by atoms with Crippen molar-refractivity contribution in [2.24, 2.45) is 5.73 Å². The zero-order chi connectivity index (χ0) is 22.9. The maximum atomic E-state index is 11.8. The predicted molar refractivity (Wildman–Crippen MR) is 125 cm³/mol. The van der Waals surface area contributed by atoms with Crippen LogP contribution in [0, 0.1) is 0 Å². The van der Waals surface area contributed by atoms with Gasteiger partial charge in [0.05, 0.1) is 5.52 Å². The molecule has 0 saturated heterocycles. The SMILES string of the molecule is NC(=O)c1cccc2c(-c3nc4c(c(NCc5cccc(B(O)O)c5)n3)CCCC4)ncn12. The number of primary amides is 1. The van der Waals surface area contributed by atoms with Crippen molar-refractivity contribution in [2.45, 2.75) is 32.2 Å². The van der Waals surface area contributed by atoms with Gasteiger partial charge in [0.1, 0.15) is 23.5 Å². The molecule has 166 valence electrons. The number of hydrogen-bond donors (Lipinski definition) is 4. The fraction of sp³-hybridized carbons (Fsp3) is 0.217. The molecule has 0 aliphatic heterocycles. The molecule has 3 aromatic heterocycles. The fourth-order valence-electron chi connectivity index (χ4n) is 4.29. The van der Waals surface area contributed by atoms with E-state index in [0.717, 1.165) is 48.3 Å². The van der Waals surface area contributed by atoms with E-state index in [-0.39, 0.29) is 0 Å². The van der Waals surface area contributed by atoms with Gasteiger partial charge in [-0.2, -0.15) is 0 Å². The van der Waals surface area contributed by atoms with Crippen LogP contribution in [0.25, 0.3) is 17.0 Å². The second kappa shape index (κ2) is 8.65. The first-order valence-corrected chi connectivity index (χ1v) is 10.9. The van der Waals surface area contributed by atoms with Gasteiger partial charge in [-0.15, -0.1) is 0 Å². The number of pyridine rings is 1. The third-order valence-electron chi connectivity index (χ3n) is 5.93. The van der Waals surface area contributed by atoms with Gasteiger partial charge in [0, 0.05) is 17.8 Å². The minimum Gasteiger partial charge on any atom is -0.423 e. The van der Waals surface area contributed by atoms with Crippen molar-refractivity contribution in [3.8, 4) is 11.5 Å². The Hall–Kier alpha value is -3.76. The largest absolute Gasteiger partial charge is 0.488 e. The first-order chi connectivity index (χ1) is 16.0. The van der Waals surface area contributed by atoms with Gasteiger partial charge in [0.15, 0.2) is 5.82 Å². The van der Waals surface area contributed by atoms with Gasteiger partial charge in [0.25, 0.3) is 5.91 Å². The average molecular weight is 442 g/mol. The lowest BCUT2D eigenvalue weighted by atomic mass is 9.79. The maximum Gasteiger partial charge on any atom is 0.488 e. The number of amides is 1. The molecule has 10 heteroatoms. The van der Waals surface area contributed by atoms with E-state index < -0.39 is 13.0 Å². The highest BCUT2D eigenvalue weighted by molar-refractivity contribution is 6.58. The second-order valence-electron chi connectivity index (χ2n) is 8.12. The molecule has 0 fully saturated rings. The summed E-state index contributed by atoms with van der Waals surface area (Å²) in [4.78, 5) is 25.9. The van der Waals surface area contributed by atoms with Crippen LogP contribution in [0.15, 0.2) is 48.8 Å². The summed E-state index contributed by atoms with van der Waals surface area (Å²) in [6.07, 6.45) is 5.46. The number of nitrogens with zero attached hydrogens (tertiary/aromatic N) is 4. The number of benzene rings is 1. The molecule has 0 saturated carbocycles. The van der Waals surface area contributed by atoms with E-state index in [1.807, 2.05) is 12.1 Å². The van der Waals surface area contributed by atoms with Crippen molar-refractivity contribution in [3.05, 3.63) is 71.3 Å². The lowest BCUT2D eigenvalue weighted by Gasteiger charge is -2.20. The molecule has 1 aliphatic rings. The van der Waals surface area contributed by atoms with Crippen molar-refractivity contribution in [1.82, 2.24) is 19.4 Å². The van der Waals surface area contributed by atoms with Gasteiger partial charge in [-0.1, -0.05) is 30.3 Å². The van der Waals surface area contributed by atoms with E-state index in [9.17, 15) is 14.8 Å². The predicted octanol–water partition coefficient (Wildman–Crippen LogP) is 1.06. The summed E-state index contributed by atoms with van der Waals surface area (Å²) < 4.78 is 1.65. The summed E-state index contributed by atoms with van der Waals surface area (Å²) in [5.41, 5.74) is 10.6. The lowest BCUT2D eigenvalue weighted by molar-refractivity contribution is 0.0994.